The van der Waals surface area contributed by atoms with Gasteiger partial charge in [-0.2, -0.15) is 9.78 Å². The summed E-state index contributed by atoms with van der Waals surface area (Å²) in [5, 5.41) is 16.6. The fourth-order valence-electron chi connectivity index (χ4n) is 4.64. The maximum Gasteiger partial charge on any atom is 0.226 e. The Bertz CT molecular complexity index is 1190. The molecule has 4 heterocycles. The van der Waals surface area contributed by atoms with Crippen LogP contribution < -0.4 is 15.0 Å². The summed E-state index contributed by atoms with van der Waals surface area (Å²) in [7, 11) is 0. The van der Waals surface area contributed by atoms with Crippen LogP contribution in [0.2, 0.25) is 0 Å². The molecule has 0 radical (unpaired) electrons. The number of nitrogens with one attached hydrogen (secondary N) is 1. The number of amides is 1. The van der Waals surface area contributed by atoms with Gasteiger partial charge < -0.3 is 15.0 Å². The molecule has 33 heavy (non-hydrogen) atoms. The zero-order valence-corrected chi connectivity index (χ0v) is 18.6. The van der Waals surface area contributed by atoms with Crippen molar-refractivity contribution in [3.05, 3.63) is 53.2 Å². The van der Waals surface area contributed by atoms with E-state index in [-0.39, 0.29) is 18.4 Å². The molecule has 0 aliphatic carbocycles. The lowest BCUT2D eigenvalue weighted by Gasteiger charge is -2.27. The Hall–Kier alpha value is -3.86. The highest BCUT2D eigenvalue weighted by molar-refractivity contribution is 5.95. The van der Waals surface area contributed by atoms with E-state index in [9.17, 15) is 4.79 Å². The molecule has 1 amide bonds. The summed E-state index contributed by atoms with van der Waals surface area (Å²) in [4.78, 5) is 14.9. The van der Waals surface area contributed by atoms with Crippen molar-refractivity contribution in [2.45, 2.75) is 38.5 Å². The number of benzene rings is 1. The van der Waals surface area contributed by atoms with Crippen molar-refractivity contribution in [2.75, 3.05) is 29.9 Å². The average molecular weight is 443 g/mol. The molecule has 1 N–H and O–H groups in total. The molecule has 0 saturated carbocycles. The maximum absolute atomic E-state index is 12.6. The first kappa shape index (κ1) is 21.0. The molecule has 2 aromatic heterocycles. The number of piperidine rings is 1. The van der Waals surface area contributed by atoms with Crippen LogP contribution in [0.25, 0.3) is 5.82 Å². The Morgan fingerprint density at radius 1 is 1.09 bits per heavy atom. The van der Waals surface area contributed by atoms with Crippen molar-refractivity contribution in [2.24, 2.45) is 0 Å². The van der Waals surface area contributed by atoms with E-state index in [4.69, 9.17) is 16.3 Å². The van der Waals surface area contributed by atoms with Crippen LogP contribution in [-0.2, 0) is 4.79 Å². The number of hydrogen-bond acceptors (Lipinski definition) is 6. The smallest absolute Gasteiger partial charge is 0.226 e. The molecule has 1 fully saturated rings. The van der Waals surface area contributed by atoms with Gasteiger partial charge in [0.25, 0.3) is 0 Å². The van der Waals surface area contributed by atoms with E-state index in [1.54, 1.807) is 4.68 Å². The molecule has 168 valence electrons. The number of hydrogen-bond donors (Lipinski definition) is 1. The summed E-state index contributed by atoms with van der Waals surface area (Å²) < 4.78 is 7.16. The van der Waals surface area contributed by atoms with Crippen molar-refractivity contribution in [3.63, 3.8) is 0 Å². The van der Waals surface area contributed by atoms with Gasteiger partial charge in [-0.25, -0.2) is 0 Å². The Labute approximate surface area is 193 Å². The zero-order valence-electron chi connectivity index (χ0n) is 18.6. The number of terminal acetylenes is 1. The van der Waals surface area contributed by atoms with Crippen LogP contribution in [0.1, 0.15) is 48.4 Å². The first-order chi connectivity index (χ1) is 16.1. The van der Waals surface area contributed by atoms with Gasteiger partial charge in [-0.1, -0.05) is 18.1 Å². The van der Waals surface area contributed by atoms with Gasteiger partial charge in [-0.05, 0) is 56.0 Å². The second kappa shape index (κ2) is 8.94. The van der Waals surface area contributed by atoms with Gasteiger partial charge in [0.1, 0.15) is 18.2 Å². The third-order valence-corrected chi connectivity index (χ3v) is 6.24. The first-order valence-electron chi connectivity index (χ1n) is 11.3. The van der Waals surface area contributed by atoms with Gasteiger partial charge in [0, 0.05) is 31.0 Å². The first-order valence-corrected chi connectivity index (χ1v) is 11.3. The molecule has 0 bridgehead atoms. The third kappa shape index (κ3) is 4.14. The van der Waals surface area contributed by atoms with E-state index in [2.05, 4.69) is 26.3 Å². The second-order valence-corrected chi connectivity index (χ2v) is 8.42. The molecular weight excluding hydrogens is 416 g/mol. The van der Waals surface area contributed by atoms with Crippen molar-refractivity contribution in [3.8, 4) is 23.9 Å². The number of fused-ring (bicyclic) bond motifs is 1. The Balaban J connectivity index is 1.45. The highest BCUT2D eigenvalue weighted by Crippen LogP contribution is 2.40. The highest BCUT2D eigenvalue weighted by atomic mass is 16.5. The molecule has 1 aromatic carbocycles. The minimum atomic E-state index is -0.107. The maximum atomic E-state index is 12.6. The molecule has 0 spiro atoms. The minimum absolute atomic E-state index is 0.0563. The van der Waals surface area contributed by atoms with Crippen molar-refractivity contribution < 1.29 is 9.53 Å². The molecule has 5 rings (SSSR count). The van der Waals surface area contributed by atoms with Crippen LogP contribution in [0.3, 0.4) is 0 Å². The fourth-order valence-corrected chi connectivity index (χ4v) is 4.64. The summed E-state index contributed by atoms with van der Waals surface area (Å²) in [6.45, 7) is 4.20. The average Bonchev–Trinajstić information content (AvgIpc) is 3.19. The zero-order chi connectivity index (χ0) is 22.8. The quantitative estimate of drug-likeness (QED) is 0.610. The van der Waals surface area contributed by atoms with Crippen molar-refractivity contribution in [1.82, 2.24) is 20.0 Å². The van der Waals surface area contributed by atoms with E-state index >= 15 is 0 Å². The summed E-state index contributed by atoms with van der Waals surface area (Å²) in [6, 6.07) is 11.6. The summed E-state index contributed by atoms with van der Waals surface area (Å²) in [5.41, 5.74) is 2.87. The number of aryl methyl sites for hydroxylation is 1. The molecule has 8 nitrogen and oxygen atoms in total. The third-order valence-electron chi connectivity index (χ3n) is 6.24. The molecule has 2 aliphatic heterocycles. The van der Waals surface area contributed by atoms with Gasteiger partial charge in [0.2, 0.25) is 5.91 Å². The van der Waals surface area contributed by atoms with Crippen molar-refractivity contribution >= 4 is 17.5 Å². The number of carbonyl (C=O) groups is 1. The van der Waals surface area contributed by atoms with Crippen LogP contribution in [0, 0.1) is 19.3 Å². The van der Waals surface area contributed by atoms with Crippen LogP contribution in [-0.4, -0.2) is 45.6 Å². The summed E-state index contributed by atoms with van der Waals surface area (Å²) in [5.74, 6) is 5.12. The normalized spacial score (nSPS) is 17.8. The Kier molecular flexibility index (Phi) is 5.69. The van der Waals surface area contributed by atoms with Crippen LogP contribution in [0.15, 0.2) is 36.4 Å². The van der Waals surface area contributed by atoms with Crippen molar-refractivity contribution in [1.29, 1.82) is 0 Å². The SMILES string of the molecule is C#CCOc1ccc([C@H]2CC(=O)Nc3c2c(C)nn3-c2ccc(N3CCCCC3)nn2)cc1. The number of aromatic nitrogens is 4. The lowest BCUT2D eigenvalue weighted by molar-refractivity contribution is -0.116. The minimum Gasteiger partial charge on any atom is -0.481 e. The molecule has 8 heteroatoms. The highest BCUT2D eigenvalue weighted by Gasteiger charge is 2.33. The largest absolute Gasteiger partial charge is 0.481 e. The number of nitrogens with zero attached hydrogens (tertiary/aromatic N) is 5. The van der Waals surface area contributed by atoms with E-state index in [0.29, 0.717) is 23.8 Å². The van der Waals surface area contributed by atoms with Crippen LogP contribution in [0.5, 0.6) is 5.75 Å². The Morgan fingerprint density at radius 3 is 2.52 bits per heavy atom. The molecule has 0 unspecified atom stereocenters. The standard InChI is InChI=1S/C25H26N6O2/c1-3-15-33-19-9-7-18(8-10-19)20-16-23(32)26-25-24(20)17(2)29-31(25)22-12-11-21(27-28-22)30-13-5-4-6-14-30/h1,7-12,20H,4-6,13-16H2,2H3,(H,26,32)/t20-/m1/s1. The van der Waals surface area contributed by atoms with Crippen LogP contribution >= 0.6 is 0 Å². The predicted octanol–water partition coefficient (Wildman–Crippen LogP) is 3.45. The topological polar surface area (TPSA) is 85.2 Å². The number of rotatable bonds is 5. The van der Waals surface area contributed by atoms with Gasteiger partial charge in [0.05, 0.1) is 5.69 Å². The van der Waals surface area contributed by atoms with E-state index in [1.807, 2.05) is 43.3 Å². The monoisotopic (exact) mass is 442 g/mol. The molecule has 2 aliphatic rings. The van der Waals surface area contributed by atoms with Gasteiger partial charge in [-0.3, -0.25) is 4.79 Å². The fraction of sp³-hybridized carbons (Fsp3) is 0.360. The lowest BCUT2D eigenvalue weighted by Crippen LogP contribution is -2.30. The second-order valence-electron chi connectivity index (χ2n) is 8.42. The van der Waals surface area contributed by atoms with E-state index in [1.165, 1.54) is 19.3 Å². The molecular formula is C25H26N6O2. The number of ether oxygens (including phenoxy) is 1. The molecule has 1 atom stereocenters. The number of anilines is 2. The molecule has 3 aromatic rings. The van der Waals surface area contributed by atoms with Gasteiger partial charge in [-0.15, -0.1) is 16.6 Å². The van der Waals surface area contributed by atoms with Gasteiger partial charge in [0.15, 0.2) is 11.6 Å². The number of carbonyl (C=O) groups excluding carboxylic acids is 1. The van der Waals surface area contributed by atoms with Gasteiger partial charge >= 0.3 is 0 Å². The molecule has 1 saturated heterocycles. The predicted molar refractivity (Wildman–Crippen MR) is 126 cm³/mol. The summed E-state index contributed by atoms with van der Waals surface area (Å²) >= 11 is 0. The van der Waals surface area contributed by atoms with Crippen LogP contribution in [0.4, 0.5) is 11.6 Å². The van der Waals surface area contributed by atoms with E-state index in [0.717, 1.165) is 35.7 Å². The Morgan fingerprint density at radius 2 is 1.82 bits per heavy atom. The van der Waals surface area contributed by atoms with E-state index < -0.39 is 0 Å². The lowest BCUT2D eigenvalue weighted by atomic mass is 9.86. The summed E-state index contributed by atoms with van der Waals surface area (Å²) in [6.07, 6.45) is 9.24.